The summed E-state index contributed by atoms with van der Waals surface area (Å²) >= 11 is 0. The summed E-state index contributed by atoms with van der Waals surface area (Å²) < 4.78 is 23.8. The van der Waals surface area contributed by atoms with Crippen LogP contribution in [0.15, 0.2) is 57.0 Å². The van der Waals surface area contributed by atoms with Gasteiger partial charge in [0.05, 0.1) is 13.2 Å². The van der Waals surface area contributed by atoms with E-state index in [4.69, 9.17) is 23.6 Å². The highest BCUT2D eigenvalue weighted by Crippen LogP contribution is 2.35. The number of ether oxygens (including phenoxy) is 3. The molecular formula is C31H44N4O5. The number of carbonyl (C=O) groups is 1. The van der Waals surface area contributed by atoms with Gasteiger partial charge in [-0.3, -0.25) is 4.99 Å². The molecule has 40 heavy (non-hydrogen) atoms. The lowest BCUT2D eigenvalue weighted by atomic mass is 9.86. The predicted octanol–water partition coefficient (Wildman–Crippen LogP) is 4.79. The molecule has 1 aromatic rings. The van der Waals surface area contributed by atoms with E-state index in [1.165, 1.54) is 0 Å². The molecule has 1 N–H and O–H groups in total. The number of amides is 1. The molecule has 2 fully saturated rings. The fraction of sp³-hybridized carbons (Fsp3) is 0.613. The molecule has 0 radical (unpaired) electrons. The van der Waals surface area contributed by atoms with Crippen LogP contribution in [0.25, 0.3) is 0 Å². The van der Waals surface area contributed by atoms with Crippen LogP contribution in [0.4, 0.5) is 4.79 Å². The summed E-state index contributed by atoms with van der Waals surface area (Å²) in [5.74, 6) is 3.08. The number of rotatable bonds is 6. The van der Waals surface area contributed by atoms with Crippen molar-refractivity contribution >= 4 is 11.8 Å². The third-order valence-corrected chi connectivity index (χ3v) is 7.89. The van der Waals surface area contributed by atoms with Crippen molar-refractivity contribution in [1.29, 1.82) is 0 Å². The fourth-order valence-electron chi connectivity index (χ4n) is 5.68. The smallest absolute Gasteiger partial charge is 0.410 e. The molecule has 1 aliphatic carbocycles. The maximum Gasteiger partial charge on any atom is 0.410 e. The first-order valence-corrected chi connectivity index (χ1v) is 14.5. The number of nitrogens with zero attached hydrogens (tertiary/aromatic N) is 3. The topological polar surface area (TPSA) is 88.8 Å². The molecule has 2 atom stereocenters. The van der Waals surface area contributed by atoms with Gasteiger partial charge in [-0.2, -0.15) is 0 Å². The van der Waals surface area contributed by atoms with Gasteiger partial charge in [0.25, 0.3) is 0 Å². The van der Waals surface area contributed by atoms with Crippen LogP contribution < -0.4 is 5.32 Å². The van der Waals surface area contributed by atoms with E-state index in [1.54, 1.807) is 12.0 Å². The van der Waals surface area contributed by atoms with Crippen molar-refractivity contribution in [2.45, 2.75) is 77.2 Å². The molecule has 3 aliphatic heterocycles. The first-order chi connectivity index (χ1) is 19.1. The number of fused-ring (bicyclic) bond motifs is 1. The molecule has 1 aromatic heterocycles. The van der Waals surface area contributed by atoms with E-state index in [1.807, 2.05) is 39.8 Å². The van der Waals surface area contributed by atoms with Crippen molar-refractivity contribution in [2.75, 3.05) is 40.3 Å². The van der Waals surface area contributed by atoms with E-state index in [-0.39, 0.29) is 24.2 Å². The van der Waals surface area contributed by atoms with Crippen LogP contribution in [0.3, 0.4) is 0 Å². The minimum Gasteiger partial charge on any atom is -0.493 e. The molecule has 4 aliphatic rings. The Morgan fingerprint density at radius 2 is 1.77 bits per heavy atom. The number of methoxy groups -OCH3 is 1. The van der Waals surface area contributed by atoms with Crippen LogP contribution in [0.2, 0.25) is 0 Å². The van der Waals surface area contributed by atoms with Crippen LogP contribution in [0.1, 0.15) is 58.0 Å². The fourth-order valence-corrected chi connectivity index (χ4v) is 5.68. The lowest BCUT2D eigenvalue weighted by Gasteiger charge is -2.37. The summed E-state index contributed by atoms with van der Waals surface area (Å²) in [7, 11) is 3.87. The summed E-state index contributed by atoms with van der Waals surface area (Å²) in [6, 6.07) is 4.23. The lowest BCUT2D eigenvalue weighted by Crippen LogP contribution is -2.44. The van der Waals surface area contributed by atoms with Crippen molar-refractivity contribution in [3.8, 4) is 0 Å². The maximum atomic E-state index is 12.5. The Morgan fingerprint density at radius 1 is 1.05 bits per heavy atom. The highest BCUT2D eigenvalue weighted by atomic mass is 16.6. The number of hydrogen-bond donors (Lipinski definition) is 1. The Kier molecular flexibility index (Phi) is 8.31. The van der Waals surface area contributed by atoms with Crippen LogP contribution in [-0.4, -0.2) is 85.7 Å². The second-order valence-corrected chi connectivity index (χ2v) is 12.3. The van der Waals surface area contributed by atoms with Crippen LogP contribution >= 0.6 is 0 Å². The van der Waals surface area contributed by atoms with Crippen molar-refractivity contribution in [2.24, 2.45) is 10.9 Å². The standard InChI is InChI=1S/C31H44N4O5/c1-20-7-8-27(38-20)26-18-24(32-21-9-13-34(5)14-10-21)23-17-28(37-6)29(19-25(23)33-26)39-22-11-15-35(16-12-22)30(36)40-31(2,3)4/h7-8,17-19,21-23,25,32H,9-16H2,1-6H3. The zero-order valence-electron chi connectivity index (χ0n) is 24.7. The summed E-state index contributed by atoms with van der Waals surface area (Å²) in [4.78, 5) is 21.7. The Labute approximate surface area is 237 Å². The second kappa shape index (κ2) is 11.7. The summed E-state index contributed by atoms with van der Waals surface area (Å²) in [6.45, 7) is 11.0. The summed E-state index contributed by atoms with van der Waals surface area (Å²) in [5.41, 5.74) is 1.46. The number of furan rings is 1. The average Bonchev–Trinajstić information content (AvgIpc) is 3.35. The Hall–Kier alpha value is -3.20. The van der Waals surface area contributed by atoms with Gasteiger partial charge in [0.15, 0.2) is 17.3 Å². The highest BCUT2D eigenvalue weighted by Gasteiger charge is 2.36. The van der Waals surface area contributed by atoms with Gasteiger partial charge in [-0.15, -0.1) is 0 Å². The van der Waals surface area contributed by atoms with E-state index in [0.29, 0.717) is 24.9 Å². The van der Waals surface area contributed by atoms with Crippen LogP contribution in [-0.2, 0) is 14.2 Å². The number of aryl methyl sites for hydroxylation is 1. The minimum absolute atomic E-state index is 0.0211. The van der Waals surface area contributed by atoms with Gasteiger partial charge in [0, 0.05) is 43.6 Å². The summed E-state index contributed by atoms with van der Waals surface area (Å²) in [6.07, 6.45) is 9.72. The van der Waals surface area contributed by atoms with E-state index < -0.39 is 5.60 Å². The Bertz CT molecular complexity index is 1190. The number of likely N-dealkylation sites (tertiary alicyclic amines) is 2. The molecule has 5 rings (SSSR count). The average molecular weight is 553 g/mol. The maximum absolute atomic E-state index is 12.5. The van der Waals surface area contributed by atoms with E-state index in [9.17, 15) is 4.79 Å². The molecule has 1 amide bonds. The van der Waals surface area contributed by atoms with E-state index in [0.717, 1.165) is 67.5 Å². The predicted molar refractivity (Wildman–Crippen MR) is 154 cm³/mol. The molecule has 9 heteroatoms. The molecule has 0 spiro atoms. The van der Waals surface area contributed by atoms with Gasteiger partial charge < -0.3 is 33.7 Å². The molecule has 2 unspecified atom stereocenters. The first kappa shape index (κ1) is 28.3. The van der Waals surface area contributed by atoms with Crippen LogP contribution in [0.5, 0.6) is 0 Å². The van der Waals surface area contributed by atoms with Gasteiger partial charge in [0.2, 0.25) is 0 Å². The molecule has 0 saturated carbocycles. The molecular weight excluding hydrogens is 508 g/mol. The minimum atomic E-state index is -0.505. The normalized spacial score (nSPS) is 24.8. The van der Waals surface area contributed by atoms with Gasteiger partial charge >= 0.3 is 6.09 Å². The first-order valence-electron chi connectivity index (χ1n) is 14.5. The number of nitrogens with one attached hydrogen (secondary N) is 1. The number of dihydropyridines is 1. The molecule has 0 aromatic carbocycles. The van der Waals surface area contributed by atoms with Gasteiger partial charge in [-0.25, -0.2) is 4.79 Å². The number of aliphatic imine (C=N–C) groups is 1. The van der Waals surface area contributed by atoms with Crippen molar-refractivity contribution in [1.82, 2.24) is 15.1 Å². The number of allylic oxidation sites excluding steroid dienone is 1. The molecule has 9 nitrogen and oxygen atoms in total. The molecule has 2 saturated heterocycles. The summed E-state index contributed by atoms with van der Waals surface area (Å²) in [5, 5.41) is 3.85. The quantitative estimate of drug-likeness (QED) is 0.543. The number of hydrogen-bond acceptors (Lipinski definition) is 8. The SMILES string of the molecule is COC1=CC2C(NC3CCN(C)CC3)=CC(c3ccc(C)o3)=NC2C=C1OC1CCN(C(=O)OC(C)(C)C)CC1. The highest BCUT2D eigenvalue weighted by molar-refractivity contribution is 6.08. The number of carbonyl (C=O) groups excluding carboxylic acids is 1. The Morgan fingerprint density at radius 3 is 2.40 bits per heavy atom. The zero-order valence-corrected chi connectivity index (χ0v) is 24.7. The van der Waals surface area contributed by atoms with E-state index in [2.05, 4.69) is 35.5 Å². The second-order valence-electron chi connectivity index (χ2n) is 12.3. The van der Waals surface area contributed by atoms with Gasteiger partial charge in [-0.05, 0) is 91.0 Å². The molecule has 4 heterocycles. The van der Waals surface area contributed by atoms with E-state index >= 15 is 0 Å². The lowest BCUT2D eigenvalue weighted by molar-refractivity contribution is 0.00269. The van der Waals surface area contributed by atoms with Gasteiger partial charge in [0.1, 0.15) is 23.2 Å². The van der Waals surface area contributed by atoms with Gasteiger partial charge in [-0.1, -0.05) is 0 Å². The zero-order chi connectivity index (χ0) is 28.4. The number of piperidine rings is 2. The largest absolute Gasteiger partial charge is 0.493 e. The Balaban J connectivity index is 1.32. The third-order valence-electron chi connectivity index (χ3n) is 7.89. The van der Waals surface area contributed by atoms with Crippen molar-refractivity contribution in [3.05, 3.63) is 59.1 Å². The monoisotopic (exact) mass is 552 g/mol. The van der Waals surface area contributed by atoms with Crippen molar-refractivity contribution in [3.63, 3.8) is 0 Å². The molecule has 0 bridgehead atoms. The third kappa shape index (κ3) is 6.74. The van der Waals surface area contributed by atoms with Crippen LogP contribution in [0, 0.1) is 12.8 Å². The molecule has 218 valence electrons. The van der Waals surface area contributed by atoms with Crippen molar-refractivity contribution < 1.29 is 23.4 Å².